The van der Waals surface area contributed by atoms with Gasteiger partial charge in [-0.3, -0.25) is 0 Å². The van der Waals surface area contributed by atoms with Gasteiger partial charge in [-0.05, 0) is 26.0 Å². The Labute approximate surface area is 119 Å². The van der Waals surface area contributed by atoms with Crippen molar-refractivity contribution in [2.75, 3.05) is 18.0 Å². The van der Waals surface area contributed by atoms with Crippen LogP contribution < -0.4 is 4.90 Å². The summed E-state index contributed by atoms with van der Waals surface area (Å²) in [4.78, 5) is 5.76. The van der Waals surface area contributed by atoms with Crippen LogP contribution in [-0.2, 0) is 6.18 Å². The zero-order valence-corrected chi connectivity index (χ0v) is 12.1. The zero-order chi connectivity index (χ0) is 14.8. The van der Waals surface area contributed by atoms with Gasteiger partial charge in [0, 0.05) is 29.7 Å². The highest BCUT2D eigenvalue weighted by Crippen LogP contribution is 2.39. The highest BCUT2D eigenvalue weighted by atomic mass is 32.1. The molecule has 0 fully saturated rings. The van der Waals surface area contributed by atoms with Gasteiger partial charge < -0.3 is 4.90 Å². The highest BCUT2D eigenvalue weighted by Gasteiger charge is 2.35. The van der Waals surface area contributed by atoms with Crippen molar-refractivity contribution in [1.82, 2.24) is 4.98 Å². The van der Waals surface area contributed by atoms with Crippen molar-refractivity contribution in [2.24, 2.45) is 0 Å². The summed E-state index contributed by atoms with van der Waals surface area (Å²) in [7, 11) is 0. The van der Waals surface area contributed by atoms with E-state index < -0.39 is 11.7 Å². The van der Waals surface area contributed by atoms with E-state index >= 15 is 0 Å². The summed E-state index contributed by atoms with van der Waals surface area (Å²) < 4.78 is 39.8. The molecule has 20 heavy (non-hydrogen) atoms. The molecule has 0 aliphatic rings. The van der Waals surface area contributed by atoms with Crippen LogP contribution in [0.15, 0.2) is 29.1 Å². The molecule has 0 amide bonds. The van der Waals surface area contributed by atoms with Crippen LogP contribution in [0.4, 0.5) is 18.9 Å². The first-order valence-corrected chi connectivity index (χ1v) is 7.26. The third-order valence-electron chi connectivity index (χ3n) is 3.13. The van der Waals surface area contributed by atoms with E-state index in [1.807, 2.05) is 13.8 Å². The lowest BCUT2D eigenvalue weighted by Gasteiger charge is -2.25. The van der Waals surface area contributed by atoms with E-state index in [9.17, 15) is 13.2 Å². The maximum absolute atomic E-state index is 13.3. The maximum Gasteiger partial charge on any atom is 0.418 e. The molecule has 1 aromatic carbocycles. The molecule has 2 aromatic rings. The largest absolute Gasteiger partial charge is 0.418 e. The number of anilines is 1. The van der Waals surface area contributed by atoms with Gasteiger partial charge in [0.2, 0.25) is 0 Å². The molecule has 0 aliphatic carbocycles. The van der Waals surface area contributed by atoms with Gasteiger partial charge in [-0.2, -0.15) is 13.2 Å². The van der Waals surface area contributed by atoms with E-state index in [2.05, 4.69) is 4.98 Å². The van der Waals surface area contributed by atoms with E-state index in [4.69, 9.17) is 0 Å². The Bertz CT molecular complexity index is 560. The Hall–Kier alpha value is -1.56. The van der Waals surface area contributed by atoms with E-state index in [1.54, 1.807) is 21.9 Å². The third-order valence-corrected chi connectivity index (χ3v) is 3.72. The molecule has 6 heteroatoms. The summed E-state index contributed by atoms with van der Waals surface area (Å²) in [5.74, 6) is 0. The van der Waals surface area contributed by atoms with E-state index in [0.29, 0.717) is 24.3 Å². The predicted octanol–water partition coefficient (Wildman–Crippen LogP) is 4.68. The minimum atomic E-state index is -4.37. The van der Waals surface area contributed by atoms with Crippen LogP contribution in [0.3, 0.4) is 0 Å². The fourth-order valence-corrected chi connectivity index (χ4v) is 2.68. The van der Waals surface area contributed by atoms with Gasteiger partial charge in [0.1, 0.15) is 0 Å². The number of hydrogen-bond donors (Lipinski definition) is 0. The van der Waals surface area contributed by atoms with Gasteiger partial charge in [0.15, 0.2) is 0 Å². The van der Waals surface area contributed by atoms with Crippen molar-refractivity contribution in [1.29, 1.82) is 0 Å². The highest BCUT2D eigenvalue weighted by molar-refractivity contribution is 7.07. The fourth-order valence-electron chi connectivity index (χ4n) is 2.12. The molecule has 0 saturated carbocycles. The van der Waals surface area contributed by atoms with Crippen LogP contribution in [0, 0.1) is 0 Å². The summed E-state index contributed by atoms with van der Waals surface area (Å²) in [6, 6.07) is 4.41. The van der Waals surface area contributed by atoms with E-state index in [0.717, 1.165) is 0 Å². The molecule has 0 unspecified atom stereocenters. The average molecular weight is 300 g/mol. The van der Waals surface area contributed by atoms with Crippen LogP contribution in [0.5, 0.6) is 0 Å². The van der Waals surface area contributed by atoms with Gasteiger partial charge in [-0.25, -0.2) is 4.98 Å². The summed E-state index contributed by atoms with van der Waals surface area (Å²) in [6.07, 6.45) is -4.37. The molecule has 0 spiro atoms. The molecule has 0 aliphatic heterocycles. The van der Waals surface area contributed by atoms with Crippen LogP contribution in [-0.4, -0.2) is 18.1 Å². The molecular weight excluding hydrogens is 285 g/mol. The second-order valence-electron chi connectivity index (χ2n) is 4.28. The zero-order valence-electron chi connectivity index (χ0n) is 11.2. The second-order valence-corrected chi connectivity index (χ2v) is 4.99. The molecule has 1 aromatic heterocycles. The minimum Gasteiger partial charge on any atom is -0.372 e. The quantitative estimate of drug-likeness (QED) is 0.815. The van der Waals surface area contributed by atoms with E-state index in [-0.39, 0.29) is 5.69 Å². The van der Waals surface area contributed by atoms with Gasteiger partial charge in [0.05, 0.1) is 16.8 Å². The van der Waals surface area contributed by atoms with Crippen molar-refractivity contribution in [3.63, 3.8) is 0 Å². The normalized spacial score (nSPS) is 11.7. The van der Waals surface area contributed by atoms with Gasteiger partial charge in [-0.1, -0.05) is 6.07 Å². The van der Waals surface area contributed by atoms with Crippen LogP contribution in [0.1, 0.15) is 19.4 Å². The molecule has 2 nitrogen and oxygen atoms in total. The first kappa shape index (κ1) is 14.8. The van der Waals surface area contributed by atoms with E-state index in [1.165, 1.54) is 23.5 Å². The van der Waals surface area contributed by atoms with Gasteiger partial charge in [0.25, 0.3) is 0 Å². The Morgan fingerprint density at radius 1 is 1.20 bits per heavy atom. The van der Waals surface area contributed by atoms with Gasteiger partial charge >= 0.3 is 6.18 Å². The number of aromatic nitrogens is 1. The molecule has 1 heterocycles. The third kappa shape index (κ3) is 2.95. The first-order chi connectivity index (χ1) is 9.47. The molecule has 0 radical (unpaired) electrons. The maximum atomic E-state index is 13.3. The molecule has 0 bridgehead atoms. The average Bonchev–Trinajstić information content (AvgIpc) is 2.93. The molecule has 0 atom stereocenters. The van der Waals surface area contributed by atoms with Crippen molar-refractivity contribution >= 4 is 17.0 Å². The van der Waals surface area contributed by atoms with Gasteiger partial charge in [-0.15, -0.1) is 11.3 Å². The Morgan fingerprint density at radius 3 is 2.40 bits per heavy atom. The van der Waals surface area contributed by atoms with Crippen LogP contribution in [0.2, 0.25) is 0 Å². The predicted molar refractivity (Wildman–Crippen MR) is 76.1 cm³/mol. The van der Waals surface area contributed by atoms with Crippen molar-refractivity contribution in [3.05, 3.63) is 34.7 Å². The van der Waals surface area contributed by atoms with Crippen LogP contribution in [0.25, 0.3) is 11.3 Å². The summed E-state index contributed by atoms with van der Waals surface area (Å²) in [6.45, 7) is 4.77. The SMILES string of the molecule is CCN(CC)c1ccc(-c2cscn2)cc1C(F)(F)F. The number of halogens is 3. The lowest BCUT2D eigenvalue weighted by atomic mass is 10.1. The molecule has 0 N–H and O–H groups in total. The van der Waals surface area contributed by atoms with Crippen molar-refractivity contribution in [2.45, 2.75) is 20.0 Å². The molecular formula is C14H15F3N2S. The number of rotatable bonds is 4. The van der Waals surface area contributed by atoms with Crippen molar-refractivity contribution in [3.8, 4) is 11.3 Å². The monoisotopic (exact) mass is 300 g/mol. The number of benzene rings is 1. The smallest absolute Gasteiger partial charge is 0.372 e. The summed E-state index contributed by atoms with van der Waals surface area (Å²) in [5, 5.41) is 1.74. The summed E-state index contributed by atoms with van der Waals surface area (Å²) in [5.41, 5.74) is 2.30. The van der Waals surface area contributed by atoms with Crippen molar-refractivity contribution < 1.29 is 13.2 Å². The topological polar surface area (TPSA) is 16.1 Å². The molecule has 108 valence electrons. The second kappa shape index (κ2) is 5.83. The Kier molecular flexibility index (Phi) is 4.32. The number of hydrogen-bond acceptors (Lipinski definition) is 3. The molecule has 0 saturated heterocycles. The Balaban J connectivity index is 2.54. The minimum absolute atomic E-state index is 0.224. The lowest BCUT2D eigenvalue weighted by Crippen LogP contribution is -2.25. The Morgan fingerprint density at radius 2 is 1.90 bits per heavy atom. The number of alkyl halides is 3. The van der Waals surface area contributed by atoms with Crippen LogP contribution >= 0.6 is 11.3 Å². The number of thiazole rings is 1. The lowest BCUT2D eigenvalue weighted by molar-refractivity contribution is -0.137. The standard InChI is InChI=1S/C14H15F3N2S/c1-3-19(4-2)13-6-5-10(12-8-20-9-18-12)7-11(13)14(15,16)17/h5-9H,3-4H2,1-2H3. The first-order valence-electron chi connectivity index (χ1n) is 6.32. The summed E-state index contributed by atoms with van der Waals surface area (Å²) >= 11 is 1.36. The fraction of sp³-hybridized carbons (Fsp3) is 0.357. The molecule has 2 rings (SSSR count). The number of nitrogens with zero attached hydrogens (tertiary/aromatic N) is 2.